The molecule has 1 unspecified atom stereocenters. The predicted molar refractivity (Wildman–Crippen MR) is 107 cm³/mol. The van der Waals surface area contributed by atoms with Gasteiger partial charge in [-0.1, -0.05) is 0 Å². The van der Waals surface area contributed by atoms with Crippen LogP contribution in [0.1, 0.15) is 6.42 Å². The van der Waals surface area contributed by atoms with E-state index in [4.69, 9.17) is 9.47 Å². The normalized spacial score (nSPS) is 17.3. The standard InChI is InChI=1S/C16H26FN5O2.HI/c1-18-16(20-7-9-24-11-10-23-2)21-13-5-8-22(12-13)15-14(17)4-3-6-19-15;/h3-4,6,13H,5,7-12H2,1-2H3,(H2,18,20,21);1H. The molecule has 1 fully saturated rings. The van der Waals surface area contributed by atoms with E-state index in [1.54, 1.807) is 26.4 Å². The third kappa shape index (κ3) is 7.28. The highest BCUT2D eigenvalue weighted by Crippen LogP contribution is 2.20. The largest absolute Gasteiger partial charge is 0.382 e. The summed E-state index contributed by atoms with van der Waals surface area (Å²) >= 11 is 0. The van der Waals surface area contributed by atoms with Crippen LogP contribution in [0.3, 0.4) is 0 Å². The lowest BCUT2D eigenvalue weighted by atomic mass is 10.3. The molecule has 1 aliphatic rings. The van der Waals surface area contributed by atoms with Crippen molar-refractivity contribution in [2.45, 2.75) is 12.5 Å². The van der Waals surface area contributed by atoms with Gasteiger partial charge in [0.25, 0.3) is 0 Å². The lowest BCUT2D eigenvalue weighted by Crippen LogP contribution is -2.45. The molecule has 1 atom stereocenters. The van der Waals surface area contributed by atoms with Crippen LogP contribution in [0.4, 0.5) is 10.2 Å². The average molecular weight is 467 g/mol. The summed E-state index contributed by atoms with van der Waals surface area (Å²) in [6.07, 6.45) is 2.52. The Bertz CT molecular complexity index is 535. The molecule has 1 aromatic rings. The van der Waals surface area contributed by atoms with Gasteiger partial charge in [0.2, 0.25) is 0 Å². The molecule has 0 spiro atoms. The van der Waals surface area contributed by atoms with E-state index in [9.17, 15) is 4.39 Å². The second-order valence-electron chi connectivity index (χ2n) is 5.49. The number of nitrogens with zero attached hydrogens (tertiary/aromatic N) is 3. The van der Waals surface area contributed by atoms with Gasteiger partial charge in [0.1, 0.15) is 0 Å². The average Bonchev–Trinajstić information content (AvgIpc) is 3.05. The van der Waals surface area contributed by atoms with Crippen LogP contribution in [0.25, 0.3) is 0 Å². The van der Waals surface area contributed by atoms with Gasteiger partial charge in [-0.25, -0.2) is 9.37 Å². The van der Waals surface area contributed by atoms with E-state index in [2.05, 4.69) is 20.6 Å². The number of nitrogens with one attached hydrogen (secondary N) is 2. The van der Waals surface area contributed by atoms with Gasteiger partial charge in [0.15, 0.2) is 17.6 Å². The van der Waals surface area contributed by atoms with Crippen LogP contribution >= 0.6 is 24.0 Å². The Morgan fingerprint density at radius 1 is 1.44 bits per heavy atom. The van der Waals surface area contributed by atoms with Crippen LogP contribution in [0.5, 0.6) is 0 Å². The molecule has 1 aliphatic heterocycles. The number of guanidine groups is 1. The van der Waals surface area contributed by atoms with Crippen molar-refractivity contribution in [1.29, 1.82) is 0 Å². The maximum absolute atomic E-state index is 13.8. The number of hydrogen-bond acceptors (Lipinski definition) is 5. The van der Waals surface area contributed by atoms with Crippen LogP contribution in [-0.2, 0) is 9.47 Å². The monoisotopic (exact) mass is 467 g/mol. The zero-order valence-electron chi connectivity index (χ0n) is 14.7. The third-order valence-electron chi connectivity index (χ3n) is 3.76. The molecule has 0 amide bonds. The molecule has 1 aromatic heterocycles. The number of pyridine rings is 1. The van der Waals surface area contributed by atoms with Crippen molar-refractivity contribution >= 4 is 35.8 Å². The first kappa shape index (κ1) is 21.8. The molecule has 2 N–H and O–H groups in total. The fraction of sp³-hybridized carbons (Fsp3) is 0.625. The second kappa shape index (κ2) is 12.2. The highest BCUT2D eigenvalue weighted by atomic mass is 127. The van der Waals surface area contributed by atoms with E-state index in [1.807, 2.05) is 4.90 Å². The molecule has 7 nitrogen and oxygen atoms in total. The zero-order valence-corrected chi connectivity index (χ0v) is 17.0. The Hall–Kier alpha value is -1.20. The van der Waals surface area contributed by atoms with Gasteiger partial charge in [-0.05, 0) is 18.6 Å². The van der Waals surface area contributed by atoms with E-state index in [1.165, 1.54) is 6.07 Å². The van der Waals surface area contributed by atoms with Crippen LogP contribution in [0, 0.1) is 5.82 Å². The molecule has 0 aromatic carbocycles. The number of hydrogen-bond donors (Lipinski definition) is 2. The van der Waals surface area contributed by atoms with Crippen LogP contribution in [0.15, 0.2) is 23.3 Å². The van der Waals surface area contributed by atoms with Crippen molar-refractivity contribution in [3.8, 4) is 0 Å². The van der Waals surface area contributed by atoms with Gasteiger partial charge in [0.05, 0.1) is 19.8 Å². The summed E-state index contributed by atoms with van der Waals surface area (Å²) in [6.45, 7) is 3.88. The van der Waals surface area contributed by atoms with Crippen molar-refractivity contribution in [3.05, 3.63) is 24.1 Å². The highest BCUT2D eigenvalue weighted by molar-refractivity contribution is 14.0. The van der Waals surface area contributed by atoms with E-state index >= 15 is 0 Å². The van der Waals surface area contributed by atoms with Crippen molar-refractivity contribution in [2.24, 2.45) is 4.99 Å². The lowest BCUT2D eigenvalue weighted by molar-refractivity contribution is 0.0733. The molecule has 0 bridgehead atoms. The fourth-order valence-corrected chi connectivity index (χ4v) is 2.55. The first-order chi connectivity index (χ1) is 11.7. The van der Waals surface area contributed by atoms with Gasteiger partial charge < -0.3 is 25.0 Å². The smallest absolute Gasteiger partial charge is 0.191 e. The van der Waals surface area contributed by atoms with Gasteiger partial charge in [-0.15, -0.1) is 24.0 Å². The maximum atomic E-state index is 13.8. The Morgan fingerprint density at radius 2 is 2.28 bits per heavy atom. The van der Waals surface area contributed by atoms with Crippen LogP contribution in [0.2, 0.25) is 0 Å². The molecular weight excluding hydrogens is 440 g/mol. The minimum Gasteiger partial charge on any atom is -0.382 e. The van der Waals surface area contributed by atoms with Crippen LogP contribution < -0.4 is 15.5 Å². The molecule has 1 saturated heterocycles. The Labute approximate surface area is 165 Å². The number of rotatable bonds is 8. The predicted octanol–water partition coefficient (Wildman–Crippen LogP) is 1.25. The molecule has 142 valence electrons. The van der Waals surface area contributed by atoms with Crippen molar-refractivity contribution < 1.29 is 13.9 Å². The number of halogens is 2. The van der Waals surface area contributed by atoms with Crippen molar-refractivity contribution in [1.82, 2.24) is 15.6 Å². The molecular formula is C16H27FIN5O2. The number of ether oxygens (including phenoxy) is 2. The minimum atomic E-state index is -0.283. The Morgan fingerprint density at radius 3 is 3.00 bits per heavy atom. The highest BCUT2D eigenvalue weighted by Gasteiger charge is 2.25. The van der Waals surface area contributed by atoms with E-state index in [-0.39, 0.29) is 35.8 Å². The molecule has 2 rings (SSSR count). The van der Waals surface area contributed by atoms with Crippen molar-refractivity contribution in [3.63, 3.8) is 0 Å². The molecule has 0 aliphatic carbocycles. The number of aromatic nitrogens is 1. The quantitative estimate of drug-likeness (QED) is 0.260. The van der Waals surface area contributed by atoms with E-state index < -0.39 is 0 Å². The van der Waals surface area contributed by atoms with Crippen LogP contribution in [-0.4, -0.2) is 70.6 Å². The first-order valence-corrected chi connectivity index (χ1v) is 8.14. The maximum Gasteiger partial charge on any atom is 0.191 e. The first-order valence-electron chi connectivity index (χ1n) is 8.14. The zero-order chi connectivity index (χ0) is 17.2. The SMILES string of the molecule is CN=C(NCCOCCOC)NC1CCN(c2ncccc2F)C1.I. The summed E-state index contributed by atoms with van der Waals surface area (Å²) in [5, 5.41) is 6.56. The summed E-state index contributed by atoms with van der Waals surface area (Å²) in [6, 6.07) is 3.24. The summed E-state index contributed by atoms with van der Waals surface area (Å²) in [7, 11) is 3.38. The summed E-state index contributed by atoms with van der Waals surface area (Å²) in [5.74, 6) is 0.851. The summed E-state index contributed by atoms with van der Waals surface area (Å²) < 4.78 is 24.1. The third-order valence-corrected chi connectivity index (χ3v) is 3.76. The fourth-order valence-electron chi connectivity index (χ4n) is 2.55. The number of aliphatic imine (C=N–C) groups is 1. The molecule has 9 heteroatoms. The van der Waals surface area contributed by atoms with Gasteiger partial charge in [-0.3, -0.25) is 4.99 Å². The van der Waals surface area contributed by atoms with Crippen molar-refractivity contribution in [2.75, 3.05) is 58.5 Å². The molecule has 2 heterocycles. The van der Waals surface area contributed by atoms with Gasteiger partial charge >= 0.3 is 0 Å². The van der Waals surface area contributed by atoms with Gasteiger partial charge in [0, 0.05) is 46.0 Å². The Balaban J connectivity index is 0.00000312. The van der Waals surface area contributed by atoms with E-state index in [0.717, 1.165) is 18.9 Å². The molecule has 0 saturated carbocycles. The summed E-state index contributed by atoms with van der Waals surface area (Å²) in [4.78, 5) is 10.3. The number of methoxy groups -OCH3 is 1. The lowest BCUT2D eigenvalue weighted by Gasteiger charge is -2.20. The van der Waals surface area contributed by atoms with Gasteiger partial charge in [-0.2, -0.15) is 0 Å². The van der Waals surface area contributed by atoms with E-state index in [0.29, 0.717) is 38.7 Å². The summed E-state index contributed by atoms with van der Waals surface area (Å²) in [5.41, 5.74) is 0. The molecule has 0 radical (unpaired) electrons. The Kier molecular flexibility index (Phi) is 10.7. The second-order valence-corrected chi connectivity index (χ2v) is 5.49. The minimum absolute atomic E-state index is 0. The number of anilines is 1. The molecule has 25 heavy (non-hydrogen) atoms. The topological polar surface area (TPSA) is 71.0 Å².